The van der Waals surface area contributed by atoms with Crippen LogP contribution in [-0.2, 0) is 66.7 Å². The SMILES string of the molecule is CCOCCOCCOC(=O)CN1C(=O)C2/C3=C/N4C=C/C(=C5\C=CN(/C=C6C=C/C(=C\N7C=C/C(=C8/C=CN(/C=C(C=C3)/C2C1=O)CC8)CC7)C1C(=O)N(CC(=O)OCCOCCOCCOc2cccc3c(OCCOCCOCCOc7ccc(C=O)cc7)cccc23)C(=O)C\61)CC5)CC4. The molecule has 542 valence electrons. The van der Waals surface area contributed by atoms with Crippen molar-refractivity contribution >= 4 is 52.6 Å². The third kappa shape index (κ3) is 18.8. The minimum absolute atomic E-state index is 0.0242. The zero-order chi connectivity index (χ0) is 71.3. The first-order valence-electron chi connectivity index (χ1n) is 35.4. The molecule has 20 heterocycles. The summed E-state index contributed by atoms with van der Waals surface area (Å²) >= 11 is 0. The fourth-order valence-electron chi connectivity index (χ4n) is 13.6. The summed E-state index contributed by atoms with van der Waals surface area (Å²) in [6.07, 6.45) is 35.1. The van der Waals surface area contributed by atoms with Crippen LogP contribution in [0, 0.1) is 23.7 Å². The molecule has 103 heavy (non-hydrogen) atoms. The molecule has 0 aromatic heterocycles. The second kappa shape index (κ2) is 36.3. The molecule has 24 nitrogen and oxygen atoms in total. The molecule has 22 aliphatic rings. The number of likely N-dealkylation sites (tertiary alicyclic amines) is 2. The van der Waals surface area contributed by atoms with Crippen LogP contribution < -0.4 is 14.2 Å². The first-order valence-corrected chi connectivity index (χ1v) is 35.4. The molecule has 12 bridgehead atoms. The van der Waals surface area contributed by atoms with Crippen molar-refractivity contribution in [1.29, 1.82) is 0 Å². The average Bonchev–Trinajstić information content (AvgIpc) is 1.61. The smallest absolute Gasteiger partial charge is 0.326 e. The van der Waals surface area contributed by atoms with E-state index in [9.17, 15) is 33.6 Å². The number of carbonyl (C=O) groups excluding carboxylic acids is 7. The van der Waals surface area contributed by atoms with Crippen molar-refractivity contribution in [3.8, 4) is 17.2 Å². The Balaban J connectivity index is 0.619. The van der Waals surface area contributed by atoms with Crippen LogP contribution in [0.3, 0.4) is 0 Å². The van der Waals surface area contributed by atoms with Gasteiger partial charge in [-0.3, -0.25) is 43.4 Å². The summed E-state index contributed by atoms with van der Waals surface area (Å²) in [6, 6.07) is 18.5. The number of hydrogen-bond donors (Lipinski definition) is 0. The van der Waals surface area contributed by atoms with Gasteiger partial charge in [-0.2, -0.15) is 0 Å². The number of fused-ring (bicyclic) bond motifs is 2. The fourth-order valence-corrected chi connectivity index (χ4v) is 13.6. The maximum absolute atomic E-state index is 14.6. The van der Waals surface area contributed by atoms with Gasteiger partial charge in [-0.25, -0.2) is 0 Å². The Bertz CT molecular complexity index is 3870. The van der Waals surface area contributed by atoms with Gasteiger partial charge in [0.25, 0.3) is 0 Å². The predicted octanol–water partition coefficient (Wildman–Crippen LogP) is 8.06. The maximum Gasteiger partial charge on any atom is 0.326 e. The quantitative estimate of drug-likeness (QED) is 0.0242. The molecule has 3 aromatic carbocycles. The minimum Gasteiger partial charge on any atom is -0.491 e. The van der Waals surface area contributed by atoms with Gasteiger partial charge in [0.1, 0.15) is 69.7 Å². The van der Waals surface area contributed by atoms with Crippen LogP contribution in [0.2, 0.25) is 0 Å². The van der Waals surface area contributed by atoms with E-state index >= 15 is 0 Å². The minimum atomic E-state index is -0.872. The van der Waals surface area contributed by atoms with Crippen LogP contribution in [-0.4, -0.2) is 223 Å². The number of rotatable bonds is 33. The Morgan fingerprint density at radius 3 is 1.03 bits per heavy atom. The van der Waals surface area contributed by atoms with Crippen molar-refractivity contribution in [3.63, 3.8) is 0 Å². The maximum atomic E-state index is 14.6. The van der Waals surface area contributed by atoms with Crippen LogP contribution >= 0.6 is 0 Å². The standard InChI is InChI=1S/C79H88N6O18/c1-2-93-33-34-94-42-47-102-70(87)53-84-76(89)72-61-11-12-62(73(72)77(84)90)50-81-27-19-58(20-28-81)60-23-31-83(32-24-60)52-64-14-13-63(51-82-29-21-59(22-30-82)57-17-25-80(49-61)26-18-57)74-75(64)79(92)85(78(74)91)54-71(88)103-48-43-98-38-37-97-41-46-101-69-8-4-5-66-67(69)6-3-7-68(66)100-45-40-96-36-35-95-39-44-99-65-15-9-56(55-86)10-16-65/h3-17,19,21,23,25,27,29,31,49-52,55,72-75H,2,18,20,22,24,26,28,30,32-48,53-54H2,1H3/b59-57-,60-58+,61-49+,62-50+,63-51+,64-52+. The average molecular weight is 1410 g/mol. The van der Waals surface area contributed by atoms with Gasteiger partial charge in [0.15, 0.2) is 0 Å². The van der Waals surface area contributed by atoms with E-state index in [1.165, 1.54) is 0 Å². The zero-order valence-electron chi connectivity index (χ0n) is 58.0. The van der Waals surface area contributed by atoms with Gasteiger partial charge in [0.2, 0.25) is 23.6 Å². The number of imide groups is 2. The molecule has 25 rings (SSSR count). The van der Waals surface area contributed by atoms with E-state index < -0.39 is 72.3 Å². The number of allylic oxidation sites excluding steroid dienone is 8. The molecular weight excluding hydrogens is 1320 g/mol. The lowest BCUT2D eigenvalue weighted by Crippen LogP contribution is -2.37. The van der Waals surface area contributed by atoms with E-state index in [1.54, 1.807) is 24.3 Å². The summed E-state index contributed by atoms with van der Waals surface area (Å²) in [4.78, 5) is 106. The Morgan fingerprint density at radius 2 is 0.709 bits per heavy atom. The van der Waals surface area contributed by atoms with Gasteiger partial charge in [-0.15, -0.1) is 0 Å². The number of ether oxygens (including phenoxy) is 11. The molecule has 24 heteroatoms. The summed E-state index contributed by atoms with van der Waals surface area (Å²) < 4.78 is 62.3. The zero-order valence-corrected chi connectivity index (χ0v) is 58.0. The van der Waals surface area contributed by atoms with Crippen molar-refractivity contribution in [3.05, 3.63) is 209 Å². The molecule has 20 aliphatic heterocycles. The lowest BCUT2D eigenvalue weighted by molar-refractivity contribution is -0.153. The van der Waals surface area contributed by atoms with Crippen LogP contribution in [0.1, 0.15) is 43.0 Å². The largest absolute Gasteiger partial charge is 0.491 e. The van der Waals surface area contributed by atoms with E-state index in [2.05, 4.69) is 24.3 Å². The molecule has 2 fully saturated rings. The Hall–Kier alpha value is -9.95. The van der Waals surface area contributed by atoms with Gasteiger partial charge in [0, 0.05) is 98.7 Å². The monoisotopic (exact) mass is 1410 g/mol. The number of hydrogen-bond acceptors (Lipinski definition) is 22. The van der Waals surface area contributed by atoms with Gasteiger partial charge in [0.05, 0.1) is 96.3 Å². The molecule has 2 aliphatic carbocycles. The molecule has 3 aromatic rings. The number of amides is 4. The number of benzene rings is 3. The number of carbonyl (C=O) groups is 7. The van der Waals surface area contributed by atoms with Crippen molar-refractivity contribution in [2.24, 2.45) is 23.7 Å². The van der Waals surface area contributed by atoms with E-state index in [1.807, 2.05) is 137 Å². The van der Waals surface area contributed by atoms with Gasteiger partial charge in [-0.05, 0) is 138 Å². The number of aldehydes is 1. The molecule has 0 saturated carbocycles. The van der Waals surface area contributed by atoms with Gasteiger partial charge in [-0.1, -0.05) is 48.6 Å². The predicted molar refractivity (Wildman–Crippen MR) is 379 cm³/mol. The molecule has 0 radical (unpaired) electrons. The summed E-state index contributed by atoms with van der Waals surface area (Å²) in [5, 5.41) is 1.79. The van der Waals surface area contributed by atoms with E-state index in [0.717, 1.165) is 49.2 Å². The topological polar surface area (TPSA) is 240 Å². The molecule has 2 saturated heterocycles. The highest BCUT2D eigenvalue weighted by Crippen LogP contribution is 2.44. The summed E-state index contributed by atoms with van der Waals surface area (Å²) in [5.41, 5.74) is 7.85. The van der Waals surface area contributed by atoms with Crippen molar-refractivity contribution in [2.75, 3.05) is 152 Å². The van der Waals surface area contributed by atoms with Crippen molar-refractivity contribution in [2.45, 2.75) is 32.6 Å². The van der Waals surface area contributed by atoms with Crippen LogP contribution in [0.5, 0.6) is 17.2 Å². The highest BCUT2D eigenvalue weighted by Gasteiger charge is 2.54. The highest BCUT2D eigenvalue weighted by atomic mass is 16.6. The molecule has 4 atom stereocenters. The Labute approximate surface area is 599 Å². The van der Waals surface area contributed by atoms with Gasteiger partial charge >= 0.3 is 11.9 Å². The number of nitrogens with zero attached hydrogens (tertiary/aromatic N) is 6. The first-order chi connectivity index (χ1) is 50.5. The number of esters is 2. The van der Waals surface area contributed by atoms with Crippen molar-refractivity contribution < 1.29 is 85.7 Å². The van der Waals surface area contributed by atoms with E-state index in [0.29, 0.717) is 163 Å². The van der Waals surface area contributed by atoms with Crippen LogP contribution in [0.4, 0.5) is 0 Å². The molecule has 0 N–H and O–H groups in total. The van der Waals surface area contributed by atoms with E-state index in [-0.39, 0.29) is 46.2 Å². The first kappa shape index (κ1) is 72.8. The van der Waals surface area contributed by atoms with Crippen molar-refractivity contribution in [1.82, 2.24) is 29.4 Å². The van der Waals surface area contributed by atoms with E-state index in [4.69, 9.17) is 52.1 Å². The third-order valence-corrected chi connectivity index (χ3v) is 18.9. The van der Waals surface area contributed by atoms with Crippen LogP contribution in [0.15, 0.2) is 203 Å². The van der Waals surface area contributed by atoms with Gasteiger partial charge < -0.3 is 71.7 Å². The fraction of sp³-hybridized carbons (Fsp3) is 0.405. The Morgan fingerprint density at radius 1 is 0.388 bits per heavy atom. The molecule has 0 spiro atoms. The third-order valence-electron chi connectivity index (χ3n) is 18.9. The molecular formula is C79H88N6O18. The highest BCUT2D eigenvalue weighted by molar-refractivity contribution is 6.11. The molecule has 4 unspecified atom stereocenters. The second-order valence-corrected chi connectivity index (χ2v) is 25.5. The second-order valence-electron chi connectivity index (χ2n) is 25.5. The lowest BCUT2D eigenvalue weighted by Gasteiger charge is -2.31. The summed E-state index contributed by atoms with van der Waals surface area (Å²) in [5.74, 6) is -4.64. The Kier molecular flexibility index (Phi) is 25.6. The lowest BCUT2D eigenvalue weighted by atomic mass is 9.78. The normalized spacial score (nSPS) is 24.0. The summed E-state index contributed by atoms with van der Waals surface area (Å²) in [7, 11) is 0. The summed E-state index contributed by atoms with van der Waals surface area (Å²) in [6.45, 7) is 8.15. The molecule has 4 amide bonds. The van der Waals surface area contributed by atoms with Crippen LogP contribution in [0.25, 0.3) is 10.8 Å².